The van der Waals surface area contributed by atoms with Crippen LogP contribution in [0.3, 0.4) is 0 Å². The molecular weight excluding hydrogens is 688 g/mol. The number of ether oxygens (including phenoxy) is 6. The Hall–Kier alpha value is -5.37. The van der Waals surface area contributed by atoms with Gasteiger partial charge in [0, 0.05) is 23.0 Å². The van der Waals surface area contributed by atoms with Crippen molar-refractivity contribution in [2.24, 2.45) is 11.8 Å². The van der Waals surface area contributed by atoms with Gasteiger partial charge in [0.25, 0.3) is 0 Å². The molecule has 0 radical (unpaired) electrons. The molecule has 6 rings (SSSR count). The van der Waals surface area contributed by atoms with Crippen LogP contribution < -0.4 is 23.7 Å². The largest absolute Gasteiger partial charge is 0.504 e. The van der Waals surface area contributed by atoms with Crippen LogP contribution in [0.5, 0.6) is 46.0 Å². The molecule has 13 heteroatoms. The molecule has 6 N–H and O–H groups in total. The zero-order valence-corrected chi connectivity index (χ0v) is 29.8. The normalized spacial score (nSPS) is 20.2. The molecule has 0 bridgehead atoms. The Morgan fingerprint density at radius 2 is 1.40 bits per heavy atom. The standard InChI is InChI=1S/C40H44O13/c1-48-32-15-22(5-7-30(32)43)36(45)28(17-41)26-11-20(13-34(50-3)37(26)46)9-24-19-52-40(47)25(24)10-21-12-27-29(18-42)38(53-39(27)35(14-21)51-4)23-6-8-31(44)33(16-23)49-2/h5-8,11-16,24-25,28-29,36,38,41-46H,9-10,17-19H2,1-4H3/t24-,25+,28?,29-,36?,38+/m0/s1. The molecule has 0 aliphatic carbocycles. The van der Waals surface area contributed by atoms with Gasteiger partial charge in [0.1, 0.15) is 6.10 Å². The Morgan fingerprint density at radius 3 is 2.06 bits per heavy atom. The number of phenolic OH excluding ortho intramolecular Hbond substituents is 3. The first-order chi connectivity index (χ1) is 25.5. The van der Waals surface area contributed by atoms with Gasteiger partial charge in [0.15, 0.2) is 46.0 Å². The van der Waals surface area contributed by atoms with Gasteiger partial charge in [-0.05, 0) is 71.5 Å². The lowest BCUT2D eigenvalue weighted by atomic mass is 9.82. The summed E-state index contributed by atoms with van der Waals surface area (Å²) < 4.78 is 33.6. The summed E-state index contributed by atoms with van der Waals surface area (Å²) in [5.41, 5.74) is 3.46. The van der Waals surface area contributed by atoms with Crippen molar-refractivity contribution in [3.63, 3.8) is 0 Å². The van der Waals surface area contributed by atoms with Crippen LogP contribution in [-0.4, -0.2) is 84.9 Å². The van der Waals surface area contributed by atoms with Gasteiger partial charge in [-0.25, -0.2) is 0 Å². The van der Waals surface area contributed by atoms with Crippen molar-refractivity contribution in [2.75, 3.05) is 48.3 Å². The molecule has 2 aliphatic rings. The van der Waals surface area contributed by atoms with Crippen molar-refractivity contribution < 1.29 is 63.9 Å². The highest BCUT2D eigenvalue weighted by atomic mass is 16.5. The van der Waals surface area contributed by atoms with Crippen LogP contribution in [0.1, 0.15) is 57.4 Å². The summed E-state index contributed by atoms with van der Waals surface area (Å²) in [7, 11) is 5.75. The van der Waals surface area contributed by atoms with Gasteiger partial charge >= 0.3 is 5.97 Å². The Morgan fingerprint density at radius 1 is 0.755 bits per heavy atom. The van der Waals surface area contributed by atoms with E-state index in [0.717, 1.165) is 11.1 Å². The maximum absolute atomic E-state index is 13.2. The summed E-state index contributed by atoms with van der Waals surface area (Å²) >= 11 is 0. The number of aliphatic hydroxyl groups excluding tert-OH is 3. The second kappa shape index (κ2) is 15.7. The van der Waals surface area contributed by atoms with Gasteiger partial charge in [0.2, 0.25) is 0 Å². The molecule has 4 aromatic rings. The third-order valence-electron chi connectivity index (χ3n) is 10.3. The monoisotopic (exact) mass is 732 g/mol. The first-order valence-corrected chi connectivity index (χ1v) is 17.1. The van der Waals surface area contributed by atoms with E-state index in [4.69, 9.17) is 28.4 Å². The third kappa shape index (κ3) is 7.19. The molecule has 0 spiro atoms. The van der Waals surface area contributed by atoms with E-state index in [1.807, 2.05) is 12.1 Å². The van der Waals surface area contributed by atoms with E-state index < -0.39 is 36.6 Å². The molecule has 53 heavy (non-hydrogen) atoms. The van der Waals surface area contributed by atoms with Crippen LogP contribution in [0.2, 0.25) is 0 Å². The van der Waals surface area contributed by atoms with Crippen molar-refractivity contribution in [1.29, 1.82) is 0 Å². The molecule has 6 atom stereocenters. The molecule has 2 unspecified atom stereocenters. The Kier molecular flexibility index (Phi) is 11.1. The fraction of sp³-hybridized carbons (Fsp3) is 0.375. The molecular formula is C40H44O13. The van der Waals surface area contributed by atoms with Crippen LogP contribution in [-0.2, 0) is 22.4 Å². The molecule has 282 valence electrons. The topological polar surface area (TPSA) is 194 Å². The van der Waals surface area contributed by atoms with E-state index in [0.29, 0.717) is 41.0 Å². The third-order valence-corrected chi connectivity index (χ3v) is 10.3. The highest BCUT2D eigenvalue weighted by Crippen LogP contribution is 2.52. The summed E-state index contributed by atoms with van der Waals surface area (Å²) in [5, 5.41) is 63.6. The van der Waals surface area contributed by atoms with Crippen LogP contribution in [0.15, 0.2) is 60.7 Å². The van der Waals surface area contributed by atoms with Gasteiger partial charge in [-0.15, -0.1) is 0 Å². The number of fused-ring (bicyclic) bond motifs is 1. The quantitative estimate of drug-likeness (QED) is 0.0999. The summed E-state index contributed by atoms with van der Waals surface area (Å²) in [4.78, 5) is 13.2. The SMILES string of the molecule is COc1cc(C(O)C(CO)c2cc(C[C@H]3COC(=O)[C@@H]3Cc3cc(OC)c4c(c3)[C@H](CO)[C@@H](c3ccc(O)c(OC)c3)O4)cc(OC)c2O)ccc1O. The van der Waals surface area contributed by atoms with Gasteiger partial charge in [-0.2, -0.15) is 0 Å². The number of rotatable bonds is 14. The Balaban J connectivity index is 1.27. The van der Waals surface area contributed by atoms with Crippen molar-refractivity contribution >= 4 is 5.97 Å². The molecule has 2 aliphatic heterocycles. The first kappa shape index (κ1) is 37.4. The number of phenols is 3. The number of hydrogen-bond acceptors (Lipinski definition) is 13. The molecule has 1 saturated heterocycles. The lowest BCUT2D eigenvalue weighted by Crippen LogP contribution is -2.21. The Labute approximate surface area is 306 Å². The summed E-state index contributed by atoms with van der Waals surface area (Å²) in [6.07, 6.45) is -1.24. The van der Waals surface area contributed by atoms with Gasteiger partial charge in [0.05, 0.1) is 66.2 Å². The fourth-order valence-electron chi connectivity index (χ4n) is 7.43. The number of cyclic esters (lactones) is 1. The Bertz CT molecular complexity index is 1960. The summed E-state index contributed by atoms with van der Waals surface area (Å²) in [6.45, 7) is -0.620. The average Bonchev–Trinajstić information content (AvgIpc) is 3.71. The van der Waals surface area contributed by atoms with Gasteiger partial charge < -0.3 is 59.1 Å². The van der Waals surface area contributed by atoms with Gasteiger partial charge in [-0.1, -0.05) is 24.3 Å². The van der Waals surface area contributed by atoms with E-state index in [1.54, 1.807) is 24.3 Å². The van der Waals surface area contributed by atoms with E-state index >= 15 is 0 Å². The van der Waals surface area contributed by atoms with E-state index in [2.05, 4.69) is 0 Å². The van der Waals surface area contributed by atoms with Crippen LogP contribution in [0.25, 0.3) is 0 Å². The highest BCUT2D eigenvalue weighted by Gasteiger charge is 2.41. The number of benzene rings is 4. The second-order valence-corrected chi connectivity index (χ2v) is 13.3. The molecule has 0 aromatic heterocycles. The predicted molar refractivity (Wildman–Crippen MR) is 190 cm³/mol. The highest BCUT2D eigenvalue weighted by molar-refractivity contribution is 5.75. The van der Waals surface area contributed by atoms with Crippen LogP contribution in [0, 0.1) is 11.8 Å². The maximum atomic E-state index is 13.2. The smallest absolute Gasteiger partial charge is 0.309 e. The zero-order valence-electron chi connectivity index (χ0n) is 29.8. The average molecular weight is 733 g/mol. The molecule has 1 fully saturated rings. The van der Waals surface area contributed by atoms with E-state index in [-0.39, 0.29) is 65.2 Å². The van der Waals surface area contributed by atoms with Crippen LogP contribution in [0.4, 0.5) is 0 Å². The van der Waals surface area contributed by atoms with E-state index in [1.165, 1.54) is 52.7 Å². The minimum atomic E-state index is -1.29. The number of esters is 1. The van der Waals surface area contributed by atoms with Crippen molar-refractivity contribution in [1.82, 2.24) is 0 Å². The number of carbonyl (C=O) groups excluding carboxylic acids is 1. The van der Waals surface area contributed by atoms with E-state index in [9.17, 15) is 35.4 Å². The molecule has 2 heterocycles. The fourth-order valence-corrected chi connectivity index (χ4v) is 7.43. The maximum Gasteiger partial charge on any atom is 0.309 e. The molecule has 13 nitrogen and oxygen atoms in total. The molecule has 4 aromatic carbocycles. The number of carbonyl (C=O) groups is 1. The minimum Gasteiger partial charge on any atom is -0.504 e. The lowest BCUT2D eigenvalue weighted by Gasteiger charge is -2.25. The number of aliphatic hydroxyl groups is 3. The summed E-state index contributed by atoms with van der Waals surface area (Å²) in [5.74, 6) is -1.57. The number of hydrogen-bond donors (Lipinski definition) is 6. The summed E-state index contributed by atoms with van der Waals surface area (Å²) in [6, 6.07) is 16.3. The minimum absolute atomic E-state index is 0.0203. The zero-order chi connectivity index (χ0) is 38.0. The predicted octanol–water partition coefficient (Wildman–Crippen LogP) is 4.43. The van der Waals surface area contributed by atoms with Crippen LogP contribution >= 0.6 is 0 Å². The lowest BCUT2D eigenvalue weighted by molar-refractivity contribution is -0.141. The van der Waals surface area contributed by atoms with Crippen molar-refractivity contribution in [2.45, 2.75) is 36.9 Å². The van der Waals surface area contributed by atoms with Crippen molar-refractivity contribution in [3.8, 4) is 46.0 Å². The number of aromatic hydroxyl groups is 3. The molecule has 0 amide bonds. The van der Waals surface area contributed by atoms with Crippen molar-refractivity contribution in [3.05, 3.63) is 94.0 Å². The molecule has 0 saturated carbocycles. The number of methoxy groups -OCH3 is 4. The first-order valence-electron chi connectivity index (χ1n) is 17.1. The second-order valence-electron chi connectivity index (χ2n) is 13.3. The van der Waals surface area contributed by atoms with Gasteiger partial charge in [-0.3, -0.25) is 4.79 Å².